The molecule has 0 spiro atoms. The van der Waals surface area contributed by atoms with E-state index in [4.69, 9.17) is 11.1 Å². The monoisotopic (exact) mass is 299 g/mol. The summed E-state index contributed by atoms with van der Waals surface area (Å²) in [7, 11) is 0. The topological polar surface area (TPSA) is 62.8 Å². The number of nitrogens with zero attached hydrogens (tertiary/aromatic N) is 1. The third-order valence-electron chi connectivity index (χ3n) is 3.18. The van der Waals surface area contributed by atoms with Crippen molar-refractivity contribution in [3.8, 4) is 0 Å². The van der Waals surface area contributed by atoms with Crippen molar-refractivity contribution < 1.29 is 0 Å². The van der Waals surface area contributed by atoms with Gasteiger partial charge >= 0.3 is 0 Å². The zero-order chi connectivity index (χ0) is 15.6. The number of amidine groups is 1. The highest BCUT2D eigenvalue weighted by atomic mass is 32.2. The van der Waals surface area contributed by atoms with Crippen molar-refractivity contribution in [2.24, 2.45) is 5.73 Å². The van der Waals surface area contributed by atoms with Gasteiger partial charge in [0.05, 0.1) is 0 Å². The fourth-order valence-electron chi connectivity index (χ4n) is 1.99. The molecule has 1 aromatic heterocycles. The van der Waals surface area contributed by atoms with E-state index in [0.717, 1.165) is 21.2 Å². The molecular formula is C17H21N3S. The van der Waals surface area contributed by atoms with Crippen molar-refractivity contribution in [3.05, 3.63) is 53.2 Å². The van der Waals surface area contributed by atoms with E-state index in [-0.39, 0.29) is 11.3 Å². The summed E-state index contributed by atoms with van der Waals surface area (Å²) in [5, 5.41) is 8.41. The average molecular weight is 299 g/mol. The zero-order valence-electron chi connectivity index (χ0n) is 12.9. The number of rotatable bonds is 3. The predicted octanol–water partition coefficient (Wildman–Crippen LogP) is 4.12. The lowest BCUT2D eigenvalue weighted by Crippen LogP contribution is -2.11. The van der Waals surface area contributed by atoms with Crippen LogP contribution in [0, 0.1) is 12.3 Å². The SMILES string of the molecule is Cc1cc(C(=N)N)cc(Sc2ccc(C(C)(C)C)cc2)n1. The highest BCUT2D eigenvalue weighted by Crippen LogP contribution is 2.29. The number of hydrogen-bond acceptors (Lipinski definition) is 3. The van der Waals surface area contributed by atoms with Crippen LogP contribution in [0.4, 0.5) is 0 Å². The number of nitrogens with two attached hydrogens (primary N) is 1. The van der Waals surface area contributed by atoms with E-state index in [0.29, 0.717) is 0 Å². The van der Waals surface area contributed by atoms with Crippen molar-refractivity contribution in [1.82, 2.24) is 4.98 Å². The summed E-state index contributed by atoms with van der Waals surface area (Å²) in [6.45, 7) is 8.53. The molecule has 4 heteroatoms. The number of nitrogens with one attached hydrogen (secondary N) is 1. The van der Waals surface area contributed by atoms with Gasteiger partial charge in [-0.2, -0.15) is 0 Å². The lowest BCUT2D eigenvalue weighted by atomic mass is 9.87. The van der Waals surface area contributed by atoms with E-state index in [2.05, 4.69) is 50.0 Å². The fraction of sp³-hybridized carbons (Fsp3) is 0.294. The summed E-state index contributed by atoms with van der Waals surface area (Å²) in [5.74, 6) is 0.0745. The Morgan fingerprint density at radius 2 is 1.76 bits per heavy atom. The van der Waals surface area contributed by atoms with Crippen molar-refractivity contribution in [3.63, 3.8) is 0 Å². The van der Waals surface area contributed by atoms with Gasteiger partial charge in [0, 0.05) is 16.2 Å². The summed E-state index contributed by atoms with van der Waals surface area (Å²) >= 11 is 1.59. The highest BCUT2D eigenvalue weighted by Gasteiger charge is 2.13. The van der Waals surface area contributed by atoms with E-state index in [1.165, 1.54) is 5.56 Å². The Balaban J connectivity index is 2.24. The van der Waals surface area contributed by atoms with Crippen LogP contribution in [0.25, 0.3) is 0 Å². The largest absolute Gasteiger partial charge is 0.384 e. The quantitative estimate of drug-likeness (QED) is 0.662. The lowest BCUT2D eigenvalue weighted by Gasteiger charge is -2.19. The second-order valence-corrected chi connectivity index (χ2v) is 7.22. The Hall–Kier alpha value is -1.81. The summed E-state index contributed by atoms with van der Waals surface area (Å²) in [6, 6.07) is 12.2. The van der Waals surface area contributed by atoms with Crippen molar-refractivity contribution in [1.29, 1.82) is 5.41 Å². The minimum absolute atomic E-state index is 0.0745. The van der Waals surface area contributed by atoms with Crippen LogP contribution in [-0.2, 0) is 5.41 Å². The summed E-state index contributed by atoms with van der Waals surface area (Å²) in [4.78, 5) is 5.63. The Morgan fingerprint density at radius 3 is 2.29 bits per heavy atom. The maximum atomic E-state index is 7.55. The molecule has 0 unspecified atom stereocenters. The molecule has 0 saturated heterocycles. The van der Waals surface area contributed by atoms with Crippen LogP contribution in [0.5, 0.6) is 0 Å². The molecule has 1 aromatic carbocycles. The van der Waals surface area contributed by atoms with Gasteiger partial charge in [0.25, 0.3) is 0 Å². The molecule has 0 bridgehead atoms. The number of pyridine rings is 1. The first-order chi connectivity index (χ1) is 9.75. The van der Waals surface area contributed by atoms with Crippen molar-refractivity contribution in [2.45, 2.75) is 43.0 Å². The Labute approximate surface area is 130 Å². The highest BCUT2D eigenvalue weighted by molar-refractivity contribution is 7.99. The van der Waals surface area contributed by atoms with Gasteiger partial charge < -0.3 is 5.73 Å². The Kier molecular flexibility index (Phi) is 4.37. The smallest absolute Gasteiger partial charge is 0.122 e. The molecular weight excluding hydrogens is 278 g/mol. The molecule has 0 radical (unpaired) electrons. The molecule has 0 aliphatic rings. The number of aryl methyl sites for hydroxylation is 1. The van der Waals surface area contributed by atoms with E-state index in [1.807, 2.05) is 19.1 Å². The third kappa shape index (κ3) is 4.08. The van der Waals surface area contributed by atoms with E-state index >= 15 is 0 Å². The molecule has 2 rings (SSSR count). The van der Waals surface area contributed by atoms with Gasteiger partial charge in [0.2, 0.25) is 0 Å². The van der Waals surface area contributed by atoms with E-state index in [1.54, 1.807) is 11.8 Å². The van der Waals surface area contributed by atoms with Crippen LogP contribution in [0.3, 0.4) is 0 Å². The van der Waals surface area contributed by atoms with E-state index < -0.39 is 0 Å². The van der Waals surface area contributed by atoms with Crippen LogP contribution in [0.1, 0.15) is 37.6 Å². The first kappa shape index (κ1) is 15.6. The lowest BCUT2D eigenvalue weighted by molar-refractivity contribution is 0.590. The molecule has 0 saturated carbocycles. The van der Waals surface area contributed by atoms with Crippen LogP contribution in [-0.4, -0.2) is 10.8 Å². The van der Waals surface area contributed by atoms with Gasteiger partial charge in [-0.05, 0) is 42.2 Å². The minimum Gasteiger partial charge on any atom is -0.384 e. The second-order valence-electron chi connectivity index (χ2n) is 6.13. The number of hydrogen-bond donors (Lipinski definition) is 2. The number of nitrogen functional groups attached to an aromatic ring is 1. The molecule has 0 aliphatic heterocycles. The van der Waals surface area contributed by atoms with Gasteiger partial charge in [-0.15, -0.1) is 0 Å². The summed E-state index contributed by atoms with van der Waals surface area (Å²) in [6.07, 6.45) is 0. The van der Waals surface area contributed by atoms with Crippen LogP contribution < -0.4 is 5.73 Å². The Bertz CT molecular complexity index is 655. The third-order valence-corrected chi connectivity index (χ3v) is 4.11. The molecule has 21 heavy (non-hydrogen) atoms. The maximum absolute atomic E-state index is 7.55. The molecule has 110 valence electrons. The molecule has 0 aliphatic carbocycles. The fourth-order valence-corrected chi connectivity index (χ4v) is 2.88. The molecule has 0 atom stereocenters. The van der Waals surface area contributed by atoms with Crippen LogP contribution in [0.15, 0.2) is 46.3 Å². The van der Waals surface area contributed by atoms with Gasteiger partial charge in [-0.3, -0.25) is 5.41 Å². The predicted molar refractivity (Wildman–Crippen MR) is 89.3 cm³/mol. The zero-order valence-corrected chi connectivity index (χ0v) is 13.7. The van der Waals surface area contributed by atoms with Gasteiger partial charge in [-0.25, -0.2) is 4.98 Å². The average Bonchev–Trinajstić information content (AvgIpc) is 2.37. The molecule has 0 amide bonds. The molecule has 0 fully saturated rings. The van der Waals surface area contributed by atoms with E-state index in [9.17, 15) is 0 Å². The summed E-state index contributed by atoms with van der Waals surface area (Å²) in [5.41, 5.74) is 8.62. The first-order valence-corrected chi connectivity index (χ1v) is 7.69. The van der Waals surface area contributed by atoms with Crippen molar-refractivity contribution in [2.75, 3.05) is 0 Å². The molecule has 2 aromatic rings. The van der Waals surface area contributed by atoms with Crippen LogP contribution in [0.2, 0.25) is 0 Å². The maximum Gasteiger partial charge on any atom is 0.122 e. The summed E-state index contributed by atoms with van der Waals surface area (Å²) < 4.78 is 0. The number of benzene rings is 1. The molecule has 1 heterocycles. The Morgan fingerprint density at radius 1 is 1.14 bits per heavy atom. The second kappa shape index (κ2) is 5.90. The standard InChI is InChI=1S/C17H21N3S/c1-11-9-12(16(18)19)10-15(20-11)21-14-7-5-13(6-8-14)17(2,3)4/h5-10H,1-4H3,(H3,18,19). The van der Waals surface area contributed by atoms with Gasteiger partial charge in [0.15, 0.2) is 0 Å². The van der Waals surface area contributed by atoms with Crippen molar-refractivity contribution >= 4 is 17.6 Å². The van der Waals surface area contributed by atoms with Crippen LogP contribution >= 0.6 is 11.8 Å². The minimum atomic E-state index is 0.0745. The number of aromatic nitrogens is 1. The normalized spacial score (nSPS) is 11.4. The molecule has 3 N–H and O–H groups in total. The van der Waals surface area contributed by atoms with Gasteiger partial charge in [-0.1, -0.05) is 44.7 Å². The first-order valence-electron chi connectivity index (χ1n) is 6.87. The van der Waals surface area contributed by atoms with Gasteiger partial charge in [0.1, 0.15) is 10.9 Å². The molecule has 3 nitrogen and oxygen atoms in total.